The lowest BCUT2D eigenvalue weighted by Gasteiger charge is -2.03. The van der Waals surface area contributed by atoms with E-state index in [1.165, 1.54) is 18.2 Å². The predicted molar refractivity (Wildman–Crippen MR) is 116 cm³/mol. The molecule has 0 aliphatic carbocycles. The largest absolute Gasteiger partial charge is 0.497 e. The Morgan fingerprint density at radius 2 is 1.52 bits per heavy atom. The third-order valence-corrected chi connectivity index (χ3v) is 5.15. The van der Waals surface area contributed by atoms with Gasteiger partial charge in [-0.15, -0.1) is 0 Å². The van der Waals surface area contributed by atoms with Gasteiger partial charge < -0.3 is 13.6 Å². The van der Waals surface area contributed by atoms with E-state index in [0.29, 0.717) is 39.2 Å². The summed E-state index contributed by atoms with van der Waals surface area (Å²) in [6, 6.07) is 20.5. The van der Waals surface area contributed by atoms with Crippen LogP contribution in [0.25, 0.3) is 44.4 Å². The van der Waals surface area contributed by atoms with Gasteiger partial charge in [0.15, 0.2) is 0 Å². The molecule has 0 fully saturated rings. The highest BCUT2D eigenvalue weighted by molar-refractivity contribution is 6.15. The van der Waals surface area contributed by atoms with Crippen molar-refractivity contribution in [3.8, 4) is 28.4 Å². The number of benzene rings is 3. The Kier molecular flexibility index (Phi) is 4.29. The quantitative estimate of drug-likeness (QED) is 0.210. The summed E-state index contributed by atoms with van der Waals surface area (Å²) in [5.74, 6) is 1.45. The maximum absolute atomic E-state index is 13.0. The Labute approximate surface area is 175 Å². The normalized spacial score (nSPS) is 11.1. The standard InChI is InChI=1S/C24H15NO6/c1-29-17-10-7-15(8-11-17)22-20-18-13-16(25(27)28)9-12-19(18)30-24(26)21(20)23(31-22)14-5-3-2-4-6-14/h2-13H,1H3. The van der Waals surface area contributed by atoms with Gasteiger partial charge in [-0.25, -0.2) is 4.79 Å². The van der Waals surface area contributed by atoms with Crippen LogP contribution in [0.4, 0.5) is 5.69 Å². The summed E-state index contributed by atoms with van der Waals surface area (Å²) in [4.78, 5) is 23.9. The Hall–Kier alpha value is -4.39. The average Bonchev–Trinajstić information content (AvgIpc) is 3.21. The molecule has 0 radical (unpaired) electrons. The fraction of sp³-hybridized carbons (Fsp3) is 0.0417. The second-order valence-electron chi connectivity index (χ2n) is 6.93. The van der Waals surface area contributed by atoms with Crippen molar-refractivity contribution in [2.24, 2.45) is 0 Å². The number of hydrogen-bond donors (Lipinski definition) is 0. The maximum atomic E-state index is 13.0. The van der Waals surface area contributed by atoms with Gasteiger partial charge in [-0.1, -0.05) is 30.3 Å². The Balaban J connectivity index is 1.94. The topological polar surface area (TPSA) is 95.7 Å². The number of furan rings is 1. The van der Waals surface area contributed by atoms with Crippen molar-refractivity contribution in [1.82, 2.24) is 0 Å². The van der Waals surface area contributed by atoms with Crippen LogP contribution in [0.15, 0.2) is 86.4 Å². The fourth-order valence-electron chi connectivity index (χ4n) is 3.69. The molecule has 5 rings (SSSR count). The van der Waals surface area contributed by atoms with Crippen molar-refractivity contribution in [2.45, 2.75) is 0 Å². The number of ether oxygens (including phenoxy) is 1. The zero-order valence-corrected chi connectivity index (χ0v) is 16.3. The van der Waals surface area contributed by atoms with Gasteiger partial charge in [-0.2, -0.15) is 0 Å². The Morgan fingerprint density at radius 1 is 0.839 bits per heavy atom. The van der Waals surface area contributed by atoms with Gasteiger partial charge in [0.05, 0.1) is 12.0 Å². The van der Waals surface area contributed by atoms with Gasteiger partial charge in [0.25, 0.3) is 5.69 Å². The number of methoxy groups -OCH3 is 1. The summed E-state index contributed by atoms with van der Waals surface area (Å²) in [6.45, 7) is 0. The van der Waals surface area contributed by atoms with E-state index >= 15 is 0 Å². The highest BCUT2D eigenvalue weighted by atomic mass is 16.6. The lowest BCUT2D eigenvalue weighted by molar-refractivity contribution is -0.384. The van der Waals surface area contributed by atoms with Crippen LogP contribution in [0.2, 0.25) is 0 Å². The SMILES string of the molecule is COc1ccc(-c2oc(-c3ccccc3)c3c(=O)oc4ccc([N+](=O)[O-])cc4c23)cc1. The first-order valence-electron chi connectivity index (χ1n) is 9.44. The van der Waals surface area contributed by atoms with E-state index in [1.807, 2.05) is 42.5 Å². The van der Waals surface area contributed by atoms with Crippen LogP contribution in [0, 0.1) is 10.1 Å². The van der Waals surface area contributed by atoms with Gasteiger partial charge in [-0.05, 0) is 30.3 Å². The zero-order valence-electron chi connectivity index (χ0n) is 16.3. The van der Waals surface area contributed by atoms with Crippen LogP contribution in [-0.2, 0) is 0 Å². The molecule has 7 nitrogen and oxygen atoms in total. The molecule has 0 N–H and O–H groups in total. The molecule has 0 amide bonds. The molecular formula is C24H15NO6. The van der Waals surface area contributed by atoms with Crippen molar-refractivity contribution >= 4 is 27.4 Å². The van der Waals surface area contributed by atoms with Gasteiger partial charge >= 0.3 is 5.63 Å². The molecular weight excluding hydrogens is 398 g/mol. The number of nitro groups is 1. The molecule has 0 spiro atoms. The van der Waals surface area contributed by atoms with Gasteiger partial charge in [0.1, 0.15) is 28.2 Å². The first kappa shape index (κ1) is 18.6. The van der Waals surface area contributed by atoms with E-state index in [-0.39, 0.29) is 16.7 Å². The minimum Gasteiger partial charge on any atom is -0.497 e. The summed E-state index contributed by atoms with van der Waals surface area (Å²) >= 11 is 0. The zero-order chi connectivity index (χ0) is 21.5. The van der Waals surface area contributed by atoms with Crippen molar-refractivity contribution < 1.29 is 18.5 Å². The van der Waals surface area contributed by atoms with Gasteiger partial charge in [0, 0.05) is 34.0 Å². The Morgan fingerprint density at radius 3 is 2.19 bits per heavy atom. The van der Waals surface area contributed by atoms with E-state index in [1.54, 1.807) is 19.2 Å². The second-order valence-corrected chi connectivity index (χ2v) is 6.93. The molecule has 0 atom stereocenters. The van der Waals surface area contributed by atoms with Crippen LogP contribution in [0.1, 0.15) is 0 Å². The third-order valence-electron chi connectivity index (χ3n) is 5.15. The summed E-state index contributed by atoms with van der Waals surface area (Å²) < 4.78 is 17.0. The molecule has 152 valence electrons. The second kappa shape index (κ2) is 7.14. The predicted octanol–water partition coefficient (Wildman–Crippen LogP) is 5.79. The molecule has 0 aliphatic heterocycles. The van der Waals surface area contributed by atoms with E-state index in [0.717, 1.165) is 0 Å². The number of nitro benzene ring substituents is 1. The molecule has 2 heterocycles. The highest BCUT2D eigenvalue weighted by Gasteiger charge is 2.24. The average molecular weight is 413 g/mol. The first-order chi connectivity index (χ1) is 15.1. The summed E-state index contributed by atoms with van der Waals surface area (Å²) in [5, 5.41) is 12.5. The first-order valence-corrected chi connectivity index (χ1v) is 9.44. The number of fused-ring (bicyclic) bond motifs is 3. The third kappa shape index (κ3) is 3.03. The highest BCUT2D eigenvalue weighted by Crippen LogP contribution is 2.42. The fourth-order valence-corrected chi connectivity index (χ4v) is 3.69. The monoisotopic (exact) mass is 413 g/mol. The molecule has 2 aromatic heterocycles. The molecule has 7 heteroatoms. The van der Waals surface area contributed by atoms with E-state index < -0.39 is 10.5 Å². The lowest BCUT2D eigenvalue weighted by atomic mass is 10.0. The minimum atomic E-state index is -0.571. The van der Waals surface area contributed by atoms with E-state index in [9.17, 15) is 14.9 Å². The molecule has 31 heavy (non-hydrogen) atoms. The maximum Gasteiger partial charge on any atom is 0.348 e. The summed E-state index contributed by atoms with van der Waals surface area (Å²) in [6.07, 6.45) is 0. The van der Waals surface area contributed by atoms with E-state index in [2.05, 4.69) is 0 Å². The Bertz CT molecular complexity index is 1500. The molecule has 0 unspecified atom stereocenters. The number of hydrogen-bond acceptors (Lipinski definition) is 6. The van der Waals surface area contributed by atoms with Crippen molar-refractivity contribution in [2.75, 3.05) is 7.11 Å². The molecule has 0 aliphatic rings. The van der Waals surface area contributed by atoms with Crippen molar-refractivity contribution in [3.05, 3.63) is 93.3 Å². The van der Waals surface area contributed by atoms with Crippen LogP contribution in [0.3, 0.4) is 0 Å². The summed E-state index contributed by atoms with van der Waals surface area (Å²) in [7, 11) is 1.57. The van der Waals surface area contributed by atoms with Crippen LogP contribution < -0.4 is 10.4 Å². The van der Waals surface area contributed by atoms with Crippen LogP contribution >= 0.6 is 0 Å². The molecule has 3 aromatic carbocycles. The number of non-ortho nitro benzene ring substituents is 1. The van der Waals surface area contributed by atoms with Crippen molar-refractivity contribution in [1.29, 1.82) is 0 Å². The minimum absolute atomic E-state index is 0.106. The lowest BCUT2D eigenvalue weighted by Crippen LogP contribution is -2.00. The number of rotatable bonds is 4. The molecule has 0 saturated heterocycles. The number of nitrogens with zero attached hydrogens (tertiary/aromatic N) is 1. The molecule has 5 aromatic rings. The van der Waals surface area contributed by atoms with Gasteiger partial charge in [-0.3, -0.25) is 10.1 Å². The van der Waals surface area contributed by atoms with Crippen LogP contribution in [0.5, 0.6) is 5.75 Å². The van der Waals surface area contributed by atoms with Crippen LogP contribution in [-0.4, -0.2) is 12.0 Å². The summed E-state index contributed by atoms with van der Waals surface area (Å²) in [5.41, 5.74) is 0.971. The molecule has 0 bridgehead atoms. The van der Waals surface area contributed by atoms with E-state index in [4.69, 9.17) is 13.6 Å². The smallest absolute Gasteiger partial charge is 0.348 e. The van der Waals surface area contributed by atoms with Crippen molar-refractivity contribution in [3.63, 3.8) is 0 Å². The van der Waals surface area contributed by atoms with Gasteiger partial charge in [0.2, 0.25) is 0 Å². The molecule has 0 saturated carbocycles.